The van der Waals surface area contributed by atoms with Crippen LogP contribution in [-0.2, 0) is 38.1 Å². The molecular formula is C49H84O8. The summed E-state index contributed by atoms with van der Waals surface area (Å²) in [7, 11) is 0. The lowest BCUT2D eigenvalue weighted by Crippen LogP contribution is -2.29. The Morgan fingerprint density at radius 1 is 0.298 bits per heavy atom. The quantitative estimate of drug-likeness (QED) is 0.0360. The topological polar surface area (TPSA) is 105 Å². The number of rotatable bonds is 34. The molecule has 5 saturated carbocycles. The molecule has 0 spiro atoms. The fourth-order valence-corrected chi connectivity index (χ4v) is 8.18. The first-order valence-electron chi connectivity index (χ1n) is 24.6. The third-order valence-corrected chi connectivity index (χ3v) is 12.8. The minimum atomic E-state index is -0.116. The van der Waals surface area contributed by atoms with E-state index in [1.54, 1.807) is 0 Å². The fourth-order valence-electron chi connectivity index (χ4n) is 8.18. The molecule has 0 aliphatic heterocycles. The molecule has 8 heteroatoms. The highest BCUT2D eigenvalue weighted by atomic mass is 16.6. The molecule has 0 amide bonds. The second-order valence-corrected chi connectivity index (χ2v) is 18.8. The van der Waals surface area contributed by atoms with Crippen molar-refractivity contribution in [2.45, 2.75) is 250 Å². The second-order valence-electron chi connectivity index (χ2n) is 18.8. The van der Waals surface area contributed by atoms with Crippen LogP contribution in [0.3, 0.4) is 0 Å². The molecule has 0 N–H and O–H groups in total. The van der Waals surface area contributed by atoms with Gasteiger partial charge in [-0.1, -0.05) is 154 Å². The summed E-state index contributed by atoms with van der Waals surface area (Å²) < 4.78 is 21.7. The normalized spacial score (nSPS) is 20.3. The highest BCUT2D eigenvalue weighted by Gasteiger charge is 2.27. The maximum atomic E-state index is 12.0. The van der Waals surface area contributed by atoms with E-state index in [0.717, 1.165) is 101 Å². The molecule has 0 atom stereocenters. The lowest BCUT2D eigenvalue weighted by molar-refractivity contribution is -0.158. The van der Waals surface area contributed by atoms with Crippen molar-refractivity contribution in [1.82, 2.24) is 0 Å². The first kappa shape index (κ1) is 47.6. The van der Waals surface area contributed by atoms with Gasteiger partial charge >= 0.3 is 23.9 Å². The number of hydrogen-bond acceptors (Lipinski definition) is 8. The molecule has 0 heterocycles. The van der Waals surface area contributed by atoms with Crippen molar-refractivity contribution >= 4 is 23.9 Å². The Morgan fingerprint density at radius 3 is 0.842 bits per heavy atom. The molecule has 0 radical (unpaired) electrons. The average Bonchev–Trinajstić information content (AvgIpc) is 4.00. The number of ether oxygens (including phenoxy) is 4. The van der Waals surface area contributed by atoms with E-state index in [4.69, 9.17) is 18.9 Å². The summed E-state index contributed by atoms with van der Waals surface area (Å²) in [6.07, 6.45) is 41.7. The van der Waals surface area contributed by atoms with Crippen molar-refractivity contribution in [3.8, 4) is 0 Å². The summed E-state index contributed by atoms with van der Waals surface area (Å²) in [4.78, 5) is 47.4. The monoisotopic (exact) mass is 801 g/mol. The van der Waals surface area contributed by atoms with Gasteiger partial charge in [-0.3, -0.25) is 19.2 Å². The number of carbonyl (C=O) groups excluding carboxylic acids is 4. The standard InChI is InChI=1S/C26H44O4.C23H40O4/c27-25(11-7-3-1-5-9-21-13-14-21)29-23-17-19-24(20-18-23)30-26(28)12-8-4-2-6-10-22-15-16-22;24-22(12-7-3-1-5-10-20-14-15-20)26-18-9-19-27-23(25)13-8-4-2-6-11-21-16-17-21/h21-24H,1-20H2;20-21H,1-19H2. The molecule has 0 unspecified atom stereocenters. The van der Waals surface area contributed by atoms with E-state index in [2.05, 4.69) is 0 Å². The zero-order valence-electron chi connectivity index (χ0n) is 36.3. The van der Waals surface area contributed by atoms with Crippen molar-refractivity contribution in [2.75, 3.05) is 13.2 Å². The third kappa shape index (κ3) is 28.1. The van der Waals surface area contributed by atoms with Gasteiger partial charge in [-0.05, 0) is 75.0 Å². The predicted octanol–water partition coefficient (Wildman–Crippen LogP) is 12.8. The van der Waals surface area contributed by atoms with Crippen LogP contribution in [0.4, 0.5) is 0 Å². The molecule has 0 aromatic rings. The molecule has 0 bridgehead atoms. The van der Waals surface area contributed by atoms with Crippen LogP contribution < -0.4 is 0 Å². The van der Waals surface area contributed by atoms with Crippen molar-refractivity contribution in [3.05, 3.63) is 0 Å². The Bertz CT molecular complexity index is 999. The molecule has 5 aliphatic carbocycles. The van der Waals surface area contributed by atoms with E-state index < -0.39 is 0 Å². The maximum absolute atomic E-state index is 12.0. The van der Waals surface area contributed by atoms with E-state index >= 15 is 0 Å². The van der Waals surface area contributed by atoms with Gasteiger partial charge in [0.2, 0.25) is 0 Å². The molecule has 5 rings (SSSR count). The minimum Gasteiger partial charge on any atom is -0.466 e. The average molecular weight is 801 g/mol. The highest BCUT2D eigenvalue weighted by Crippen LogP contribution is 2.36. The van der Waals surface area contributed by atoms with E-state index in [0.29, 0.717) is 45.3 Å². The minimum absolute atomic E-state index is 0.0220. The van der Waals surface area contributed by atoms with Gasteiger partial charge in [0.25, 0.3) is 0 Å². The predicted molar refractivity (Wildman–Crippen MR) is 226 cm³/mol. The molecule has 0 aromatic carbocycles. The van der Waals surface area contributed by atoms with Gasteiger partial charge in [0.1, 0.15) is 12.2 Å². The molecule has 0 saturated heterocycles. The largest absolute Gasteiger partial charge is 0.466 e. The number of carbonyl (C=O) groups is 4. The Morgan fingerprint density at radius 2 is 0.561 bits per heavy atom. The van der Waals surface area contributed by atoms with Gasteiger partial charge in [0, 0.05) is 32.1 Å². The lowest BCUT2D eigenvalue weighted by atomic mass is 9.95. The highest BCUT2D eigenvalue weighted by molar-refractivity contribution is 5.70. The van der Waals surface area contributed by atoms with Crippen LogP contribution in [0.25, 0.3) is 0 Å². The van der Waals surface area contributed by atoms with Crippen LogP contribution >= 0.6 is 0 Å². The SMILES string of the molecule is O=C(CCCCCCC1CC1)OC1CCC(OC(=O)CCCCCCC2CC2)CC1.O=C(CCCCCCC1CC1)OCCCOC(=O)CCCCCCC1CC1. The Hall–Kier alpha value is -2.12. The van der Waals surface area contributed by atoms with Crippen molar-refractivity contribution < 1.29 is 38.1 Å². The molecule has 0 aromatic heterocycles. The van der Waals surface area contributed by atoms with Crippen LogP contribution in [0.1, 0.15) is 238 Å². The Balaban J connectivity index is 0.000000254. The summed E-state index contributed by atoms with van der Waals surface area (Å²) in [5, 5.41) is 0. The van der Waals surface area contributed by atoms with Gasteiger partial charge in [0.05, 0.1) is 13.2 Å². The van der Waals surface area contributed by atoms with E-state index in [1.165, 1.54) is 128 Å². The van der Waals surface area contributed by atoms with Gasteiger partial charge in [-0.15, -0.1) is 0 Å². The van der Waals surface area contributed by atoms with Crippen LogP contribution in [0.5, 0.6) is 0 Å². The van der Waals surface area contributed by atoms with Crippen LogP contribution in [-0.4, -0.2) is 49.3 Å². The first-order valence-corrected chi connectivity index (χ1v) is 24.6. The molecule has 328 valence electrons. The molecule has 8 nitrogen and oxygen atoms in total. The van der Waals surface area contributed by atoms with E-state index in [1.807, 2.05) is 0 Å². The van der Waals surface area contributed by atoms with Gasteiger partial charge in [0.15, 0.2) is 0 Å². The van der Waals surface area contributed by atoms with E-state index in [-0.39, 0.29) is 36.1 Å². The zero-order chi connectivity index (χ0) is 40.2. The van der Waals surface area contributed by atoms with Crippen molar-refractivity contribution in [1.29, 1.82) is 0 Å². The summed E-state index contributed by atoms with van der Waals surface area (Å²) in [5.74, 6) is 3.75. The van der Waals surface area contributed by atoms with Crippen molar-refractivity contribution in [2.24, 2.45) is 23.7 Å². The Labute approximate surface area is 347 Å². The van der Waals surface area contributed by atoms with Gasteiger partial charge in [-0.25, -0.2) is 0 Å². The van der Waals surface area contributed by atoms with Crippen molar-refractivity contribution in [3.63, 3.8) is 0 Å². The van der Waals surface area contributed by atoms with Gasteiger partial charge in [-0.2, -0.15) is 0 Å². The third-order valence-electron chi connectivity index (χ3n) is 12.8. The molecular weight excluding hydrogens is 717 g/mol. The van der Waals surface area contributed by atoms with Gasteiger partial charge < -0.3 is 18.9 Å². The van der Waals surface area contributed by atoms with Crippen LogP contribution in [0.2, 0.25) is 0 Å². The Kier molecular flexibility index (Phi) is 25.0. The second kappa shape index (κ2) is 30.0. The number of unbranched alkanes of at least 4 members (excludes halogenated alkanes) is 12. The fraction of sp³-hybridized carbons (Fsp3) is 0.918. The zero-order valence-corrected chi connectivity index (χ0v) is 36.3. The lowest BCUT2D eigenvalue weighted by Gasteiger charge is -2.28. The summed E-state index contributed by atoms with van der Waals surface area (Å²) in [6.45, 7) is 0.712. The molecule has 57 heavy (non-hydrogen) atoms. The number of hydrogen-bond donors (Lipinski definition) is 0. The summed E-state index contributed by atoms with van der Waals surface area (Å²) in [5.41, 5.74) is 0. The summed E-state index contributed by atoms with van der Waals surface area (Å²) in [6, 6.07) is 0. The summed E-state index contributed by atoms with van der Waals surface area (Å²) >= 11 is 0. The molecule has 5 fully saturated rings. The van der Waals surface area contributed by atoms with E-state index in [9.17, 15) is 19.2 Å². The maximum Gasteiger partial charge on any atom is 0.306 e. The van der Waals surface area contributed by atoms with Crippen LogP contribution in [0, 0.1) is 23.7 Å². The molecule has 5 aliphatic rings. The first-order chi connectivity index (χ1) is 27.9. The number of esters is 4. The van der Waals surface area contributed by atoms with Crippen LogP contribution in [0.15, 0.2) is 0 Å². The smallest absolute Gasteiger partial charge is 0.306 e.